The molecule has 0 aliphatic heterocycles. The van der Waals surface area contributed by atoms with Crippen LogP contribution in [0.15, 0.2) is 12.2 Å². The first-order valence-corrected chi connectivity index (χ1v) is 5.08. The van der Waals surface area contributed by atoms with Crippen molar-refractivity contribution in [1.82, 2.24) is 5.32 Å². The van der Waals surface area contributed by atoms with Crippen LogP contribution in [0.5, 0.6) is 0 Å². The fraction of sp³-hybridized carbons (Fsp3) is 0.636. The van der Waals surface area contributed by atoms with E-state index < -0.39 is 5.97 Å². The second kappa shape index (κ2) is 7.87. The Hall–Kier alpha value is -1.36. The first-order valence-electron chi connectivity index (χ1n) is 5.08. The van der Waals surface area contributed by atoms with Crippen molar-refractivity contribution in [3.8, 4) is 0 Å². The number of hydrogen-bond donors (Lipinski definition) is 1. The van der Waals surface area contributed by atoms with E-state index in [1.807, 2.05) is 0 Å². The molecular formula is C11H19NO4. The molecule has 0 aromatic heterocycles. The van der Waals surface area contributed by atoms with Gasteiger partial charge in [-0.2, -0.15) is 0 Å². The highest BCUT2D eigenvalue weighted by Gasteiger charge is 2.11. The van der Waals surface area contributed by atoms with Gasteiger partial charge in [0.15, 0.2) is 0 Å². The highest BCUT2D eigenvalue weighted by molar-refractivity contribution is 5.86. The molecule has 0 saturated carbocycles. The lowest BCUT2D eigenvalue weighted by molar-refractivity contribution is -0.139. The maximum atomic E-state index is 11.4. The Balaban J connectivity index is 3.63. The molecule has 1 unspecified atom stereocenters. The third-order valence-electron chi connectivity index (χ3n) is 1.85. The Morgan fingerprint density at radius 2 is 2.06 bits per heavy atom. The monoisotopic (exact) mass is 229 g/mol. The van der Waals surface area contributed by atoms with E-state index in [0.717, 1.165) is 0 Å². The molecule has 0 spiro atoms. The molecule has 0 aromatic carbocycles. The van der Waals surface area contributed by atoms with E-state index in [1.165, 1.54) is 0 Å². The zero-order valence-electron chi connectivity index (χ0n) is 10.0. The van der Waals surface area contributed by atoms with Gasteiger partial charge in [0.2, 0.25) is 5.91 Å². The predicted molar refractivity (Wildman–Crippen MR) is 59.8 cm³/mol. The van der Waals surface area contributed by atoms with Gasteiger partial charge in [0.1, 0.15) is 6.61 Å². The van der Waals surface area contributed by atoms with Crippen LogP contribution in [0, 0.1) is 5.92 Å². The summed E-state index contributed by atoms with van der Waals surface area (Å²) < 4.78 is 9.65. The minimum absolute atomic E-state index is 0.117. The number of rotatable bonds is 7. The zero-order valence-corrected chi connectivity index (χ0v) is 10.0. The number of amides is 1. The molecule has 1 atom stereocenters. The Kier molecular flexibility index (Phi) is 7.20. The lowest BCUT2D eigenvalue weighted by Crippen LogP contribution is -2.34. The number of ether oxygens (including phenoxy) is 2. The second-order valence-corrected chi connectivity index (χ2v) is 3.56. The highest BCUT2D eigenvalue weighted by Crippen LogP contribution is 1.95. The van der Waals surface area contributed by atoms with Crippen LogP contribution >= 0.6 is 0 Å². The van der Waals surface area contributed by atoms with Gasteiger partial charge in [-0.3, -0.25) is 4.79 Å². The van der Waals surface area contributed by atoms with Gasteiger partial charge in [-0.05, 0) is 6.92 Å². The van der Waals surface area contributed by atoms with Crippen LogP contribution in [-0.2, 0) is 19.1 Å². The first kappa shape index (κ1) is 14.6. The standard InChI is InChI=1S/C11H19NO4/c1-8(2)11(14)16-6-5-12-10(13)9(3)7-15-4/h9H,1,5-7H2,2-4H3,(H,12,13). The van der Waals surface area contributed by atoms with E-state index in [0.29, 0.717) is 18.7 Å². The van der Waals surface area contributed by atoms with Gasteiger partial charge >= 0.3 is 5.97 Å². The smallest absolute Gasteiger partial charge is 0.333 e. The number of carbonyl (C=O) groups is 2. The number of hydrogen-bond acceptors (Lipinski definition) is 4. The van der Waals surface area contributed by atoms with Crippen LogP contribution in [0.4, 0.5) is 0 Å². The number of nitrogens with one attached hydrogen (secondary N) is 1. The topological polar surface area (TPSA) is 64.6 Å². The van der Waals surface area contributed by atoms with E-state index >= 15 is 0 Å². The largest absolute Gasteiger partial charge is 0.460 e. The van der Waals surface area contributed by atoms with Crippen molar-refractivity contribution >= 4 is 11.9 Å². The molecular weight excluding hydrogens is 210 g/mol. The minimum Gasteiger partial charge on any atom is -0.460 e. The van der Waals surface area contributed by atoms with Gasteiger partial charge in [0.25, 0.3) is 0 Å². The van der Waals surface area contributed by atoms with Gasteiger partial charge in [-0.1, -0.05) is 13.5 Å². The predicted octanol–water partition coefficient (Wildman–Crippen LogP) is 0.504. The maximum absolute atomic E-state index is 11.4. The Labute approximate surface area is 95.8 Å². The lowest BCUT2D eigenvalue weighted by atomic mass is 10.2. The van der Waals surface area contributed by atoms with Gasteiger partial charge in [-0.25, -0.2) is 4.79 Å². The Bertz CT molecular complexity index is 263. The molecule has 0 aliphatic carbocycles. The fourth-order valence-electron chi connectivity index (χ4n) is 0.941. The quantitative estimate of drug-likeness (QED) is 0.392. The molecule has 5 heteroatoms. The lowest BCUT2D eigenvalue weighted by Gasteiger charge is -2.11. The normalized spacial score (nSPS) is 11.7. The van der Waals surface area contributed by atoms with E-state index in [4.69, 9.17) is 9.47 Å². The summed E-state index contributed by atoms with van der Waals surface area (Å²) in [4.78, 5) is 22.3. The van der Waals surface area contributed by atoms with Crippen molar-refractivity contribution in [3.05, 3.63) is 12.2 Å². The third kappa shape index (κ3) is 6.19. The molecule has 0 aromatic rings. The summed E-state index contributed by atoms with van der Waals surface area (Å²) >= 11 is 0. The number of esters is 1. The summed E-state index contributed by atoms with van der Waals surface area (Å²) in [7, 11) is 1.54. The second-order valence-electron chi connectivity index (χ2n) is 3.56. The molecule has 0 bridgehead atoms. The number of carbonyl (C=O) groups excluding carboxylic acids is 2. The van der Waals surface area contributed by atoms with Crippen LogP contribution in [0.25, 0.3) is 0 Å². The van der Waals surface area contributed by atoms with Crippen LogP contribution in [0.3, 0.4) is 0 Å². The van der Waals surface area contributed by atoms with E-state index in [9.17, 15) is 9.59 Å². The maximum Gasteiger partial charge on any atom is 0.333 e. The Morgan fingerprint density at radius 1 is 1.44 bits per heavy atom. The van der Waals surface area contributed by atoms with Gasteiger partial charge in [-0.15, -0.1) is 0 Å². The summed E-state index contributed by atoms with van der Waals surface area (Å²) in [5, 5.41) is 2.64. The molecule has 0 heterocycles. The molecule has 92 valence electrons. The molecule has 16 heavy (non-hydrogen) atoms. The van der Waals surface area contributed by atoms with E-state index in [-0.39, 0.29) is 18.4 Å². The van der Waals surface area contributed by atoms with Crippen LogP contribution in [-0.4, -0.2) is 38.7 Å². The fourth-order valence-corrected chi connectivity index (χ4v) is 0.941. The molecule has 0 aliphatic rings. The van der Waals surface area contributed by atoms with Gasteiger partial charge in [0, 0.05) is 12.7 Å². The molecule has 1 amide bonds. The molecule has 0 rings (SSSR count). The first-order chi connectivity index (χ1) is 7.49. The van der Waals surface area contributed by atoms with Crippen molar-refractivity contribution < 1.29 is 19.1 Å². The zero-order chi connectivity index (χ0) is 12.6. The number of methoxy groups -OCH3 is 1. The highest BCUT2D eigenvalue weighted by atomic mass is 16.5. The van der Waals surface area contributed by atoms with Crippen LogP contribution < -0.4 is 5.32 Å². The van der Waals surface area contributed by atoms with Crippen molar-refractivity contribution in [2.24, 2.45) is 5.92 Å². The van der Waals surface area contributed by atoms with Gasteiger partial charge in [0.05, 0.1) is 19.1 Å². The summed E-state index contributed by atoms with van der Waals surface area (Å²) in [6.07, 6.45) is 0. The van der Waals surface area contributed by atoms with Crippen LogP contribution in [0.2, 0.25) is 0 Å². The summed E-state index contributed by atoms with van der Waals surface area (Å²) in [6.45, 7) is 7.60. The molecule has 5 nitrogen and oxygen atoms in total. The van der Waals surface area contributed by atoms with E-state index in [1.54, 1.807) is 21.0 Å². The third-order valence-corrected chi connectivity index (χ3v) is 1.85. The molecule has 1 N–H and O–H groups in total. The Morgan fingerprint density at radius 3 is 2.56 bits per heavy atom. The average molecular weight is 229 g/mol. The van der Waals surface area contributed by atoms with Crippen LogP contribution in [0.1, 0.15) is 13.8 Å². The molecule has 0 saturated heterocycles. The minimum atomic E-state index is -0.445. The molecule has 0 radical (unpaired) electrons. The van der Waals surface area contributed by atoms with Crippen molar-refractivity contribution in [3.63, 3.8) is 0 Å². The summed E-state index contributed by atoms with van der Waals surface area (Å²) in [5.74, 6) is -0.769. The summed E-state index contributed by atoms with van der Waals surface area (Å²) in [5.41, 5.74) is 0.346. The van der Waals surface area contributed by atoms with Crippen molar-refractivity contribution in [1.29, 1.82) is 0 Å². The average Bonchev–Trinajstić information content (AvgIpc) is 2.23. The molecule has 0 fully saturated rings. The summed E-state index contributed by atoms with van der Waals surface area (Å²) in [6, 6.07) is 0. The van der Waals surface area contributed by atoms with Gasteiger partial charge < -0.3 is 14.8 Å². The van der Waals surface area contributed by atoms with Crippen molar-refractivity contribution in [2.75, 3.05) is 26.9 Å². The van der Waals surface area contributed by atoms with Crippen molar-refractivity contribution in [2.45, 2.75) is 13.8 Å². The van der Waals surface area contributed by atoms with E-state index in [2.05, 4.69) is 11.9 Å². The SMILES string of the molecule is C=C(C)C(=O)OCCNC(=O)C(C)COC.